The van der Waals surface area contributed by atoms with E-state index >= 15 is 0 Å². The summed E-state index contributed by atoms with van der Waals surface area (Å²) >= 11 is 0. The molecule has 21 heavy (non-hydrogen) atoms. The van der Waals surface area contributed by atoms with Gasteiger partial charge in [-0.2, -0.15) is 0 Å². The highest BCUT2D eigenvalue weighted by Gasteiger charge is 2.26. The smallest absolute Gasteiger partial charge is 0.353 e. The van der Waals surface area contributed by atoms with E-state index in [4.69, 9.17) is 0 Å². The first-order valence-electron chi connectivity index (χ1n) is 6.31. The van der Waals surface area contributed by atoms with E-state index in [9.17, 15) is 19.1 Å². The summed E-state index contributed by atoms with van der Waals surface area (Å²) in [4.78, 5) is 25.4. The Labute approximate surface area is 117 Å². The Kier molecular flexibility index (Phi) is 3.13. The second-order valence-corrected chi connectivity index (χ2v) is 4.77. The van der Waals surface area contributed by atoms with Crippen molar-refractivity contribution in [2.24, 2.45) is 10.2 Å². The second kappa shape index (κ2) is 4.97. The quantitative estimate of drug-likeness (QED) is 0.580. The van der Waals surface area contributed by atoms with Gasteiger partial charge < -0.3 is 15.4 Å². The molecule has 0 radical (unpaired) electrons. The van der Waals surface area contributed by atoms with E-state index in [1.807, 2.05) is 0 Å². The topological polar surface area (TPSA) is 107 Å². The number of nitrogens with one attached hydrogen (secondary N) is 2. The van der Waals surface area contributed by atoms with Crippen LogP contribution in [0.4, 0.5) is 10.1 Å². The molecule has 2 amide bonds. The lowest BCUT2D eigenvalue weighted by atomic mass is 10.2. The van der Waals surface area contributed by atoms with Crippen molar-refractivity contribution in [2.75, 3.05) is 0 Å². The van der Waals surface area contributed by atoms with Gasteiger partial charge in [-0.25, -0.2) is 4.39 Å². The minimum atomic E-state index is -1.04. The molecule has 3 N–H and O–H groups in total. The number of carbonyl (C=O) groups excluding carboxylic acids is 2. The number of halogens is 1. The third-order valence-corrected chi connectivity index (χ3v) is 3.06. The molecule has 1 aliphatic carbocycles. The molecular formula is C13H11FN4O3. The van der Waals surface area contributed by atoms with Crippen molar-refractivity contribution in [3.63, 3.8) is 0 Å². The number of amides is 2. The van der Waals surface area contributed by atoms with Crippen LogP contribution in [0.3, 0.4) is 0 Å². The summed E-state index contributed by atoms with van der Waals surface area (Å²) in [6, 6.07) is 3.80. The Morgan fingerprint density at radius 1 is 1.38 bits per heavy atom. The van der Waals surface area contributed by atoms with Gasteiger partial charge in [-0.3, -0.25) is 9.59 Å². The molecule has 0 aliphatic heterocycles. The van der Waals surface area contributed by atoms with Gasteiger partial charge in [0.15, 0.2) is 5.69 Å². The number of aromatic amines is 1. The van der Waals surface area contributed by atoms with Crippen LogP contribution in [0, 0.1) is 5.82 Å². The Balaban J connectivity index is 1.83. The van der Waals surface area contributed by atoms with Gasteiger partial charge >= 0.3 is 11.8 Å². The van der Waals surface area contributed by atoms with Crippen LogP contribution in [-0.2, 0) is 9.59 Å². The Morgan fingerprint density at radius 3 is 2.86 bits per heavy atom. The molecule has 0 bridgehead atoms. The number of nitrogens with zero attached hydrogens (tertiary/aromatic N) is 2. The molecule has 1 aromatic heterocycles. The van der Waals surface area contributed by atoms with Crippen molar-refractivity contribution >= 4 is 28.4 Å². The molecule has 1 aliphatic rings. The largest absolute Gasteiger partial charge is 0.493 e. The Bertz CT molecular complexity index is 764. The molecule has 1 saturated carbocycles. The third kappa shape index (κ3) is 2.73. The zero-order valence-electron chi connectivity index (χ0n) is 10.8. The third-order valence-electron chi connectivity index (χ3n) is 3.06. The molecule has 0 atom stereocenters. The normalized spacial score (nSPS) is 14.7. The average Bonchev–Trinajstić information content (AvgIpc) is 3.19. The summed E-state index contributed by atoms with van der Waals surface area (Å²) in [5.41, 5.74) is 0.300. The summed E-state index contributed by atoms with van der Waals surface area (Å²) in [6.45, 7) is 0. The van der Waals surface area contributed by atoms with Gasteiger partial charge in [0.25, 0.3) is 0 Å². The van der Waals surface area contributed by atoms with Crippen LogP contribution < -0.4 is 5.32 Å². The van der Waals surface area contributed by atoms with Crippen molar-refractivity contribution in [3.8, 4) is 5.88 Å². The van der Waals surface area contributed by atoms with E-state index in [-0.39, 0.29) is 17.6 Å². The molecule has 1 heterocycles. The number of carbonyl (C=O) groups is 2. The molecule has 2 aromatic rings. The van der Waals surface area contributed by atoms with Gasteiger partial charge in [0.2, 0.25) is 5.88 Å². The van der Waals surface area contributed by atoms with E-state index in [1.54, 1.807) is 0 Å². The zero-order chi connectivity index (χ0) is 15.0. The summed E-state index contributed by atoms with van der Waals surface area (Å²) in [7, 11) is 0. The number of benzene rings is 1. The number of aromatic nitrogens is 1. The maximum absolute atomic E-state index is 13.1. The van der Waals surface area contributed by atoms with Gasteiger partial charge in [-0.05, 0) is 31.0 Å². The molecule has 0 unspecified atom stereocenters. The van der Waals surface area contributed by atoms with Crippen molar-refractivity contribution in [3.05, 3.63) is 24.0 Å². The summed E-state index contributed by atoms with van der Waals surface area (Å²) in [5.74, 6) is -2.70. The molecule has 1 fully saturated rings. The highest BCUT2D eigenvalue weighted by atomic mass is 19.1. The monoisotopic (exact) mass is 290 g/mol. The minimum Gasteiger partial charge on any atom is -0.493 e. The van der Waals surface area contributed by atoms with Gasteiger partial charge in [-0.15, -0.1) is 10.2 Å². The van der Waals surface area contributed by atoms with Gasteiger partial charge in [0.1, 0.15) is 5.82 Å². The average molecular weight is 290 g/mol. The molecule has 0 spiro atoms. The number of H-pyrrole nitrogens is 1. The number of azo groups is 1. The molecule has 108 valence electrons. The van der Waals surface area contributed by atoms with E-state index < -0.39 is 17.6 Å². The first-order valence-corrected chi connectivity index (χ1v) is 6.31. The first kappa shape index (κ1) is 13.2. The fraction of sp³-hybridized carbons (Fsp3) is 0.231. The van der Waals surface area contributed by atoms with E-state index in [2.05, 4.69) is 20.5 Å². The molecule has 7 nitrogen and oxygen atoms in total. The molecular weight excluding hydrogens is 279 g/mol. The van der Waals surface area contributed by atoms with E-state index in [0.29, 0.717) is 10.9 Å². The predicted molar refractivity (Wildman–Crippen MR) is 70.6 cm³/mol. The molecule has 3 rings (SSSR count). The number of rotatable bonds is 2. The summed E-state index contributed by atoms with van der Waals surface area (Å²) in [6.07, 6.45) is 1.70. The lowest BCUT2D eigenvalue weighted by Gasteiger charge is -1.96. The van der Waals surface area contributed by atoms with Gasteiger partial charge in [0.05, 0.1) is 5.52 Å². The van der Waals surface area contributed by atoms with Crippen molar-refractivity contribution in [1.82, 2.24) is 10.3 Å². The van der Waals surface area contributed by atoms with Crippen LogP contribution in [0.2, 0.25) is 0 Å². The van der Waals surface area contributed by atoms with Crippen molar-refractivity contribution in [1.29, 1.82) is 0 Å². The molecule has 1 aromatic carbocycles. The SMILES string of the molecule is O=C(N=Nc1c(O)[nH]c2cc(F)ccc12)C(=O)NC1CC1. The predicted octanol–water partition coefficient (Wildman–Crippen LogP) is 1.90. The number of aromatic hydroxyl groups is 1. The first-order chi connectivity index (χ1) is 10.0. The maximum atomic E-state index is 13.1. The van der Waals surface area contributed by atoms with Crippen LogP contribution in [0.5, 0.6) is 5.88 Å². The standard InChI is InChI=1S/C13H11FN4O3/c14-6-1-4-8-9(5-6)16-11(19)10(8)17-18-13(21)12(20)15-7-2-3-7/h1,4-5,7,16,19H,2-3H2,(H,15,20). The van der Waals surface area contributed by atoms with Gasteiger partial charge in [0, 0.05) is 11.4 Å². The number of hydrogen-bond donors (Lipinski definition) is 3. The Morgan fingerprint density at radius 2 is 2.14 bits per heavy atom. The summed E-state index contributed by atoms with van der Waals surface area (Å²) in [5, 5.41) is 19.4. The lowest BCUT2D eigenvalue weighted by Crippen LogP contribution is -2.31. The lowest BCUT2D eigenvalue weighted by molar-refractivity contribution is -0.137. The van der Waals surface area contributed by atoms with Gasteiger partial charge in [-0.1, -0.05) is 0 Å². The van der Waals surface area contributed by atoms with Crippen LogP contribution >= 0.6 is 0 Å². The second-order valence-electron chi connectivity index (χ2n) is 4.77. The number of hydrogen-bond acceptors (Lipinski definition) is 4. The summed E-state index contributed by atoms with van der Waals surface area (Å²) < 4.78 is 13.1. The minimum absolute atomic E-state index is 0.0161. The number of fused-ring (bicyclic) bond motifs is 1. The molecule has 8 heteroatoms. The van der Waals surface area contributed by atoms with Crippen molar-refractivity contribution in [2.45, 2.75) is 18.9 Å². The Hall–Kier alpha value is -2.77. The van der Waals surface area contributed by atoms with Crippen LogP contribution in [0.25, 0.3) is 10.9 Å². The fourth-order valence-corrected chi connectivity index (χ4v) is 1.86. The van der Waals surface area contributed by atoms with Crippen LogP contribution in [-0.4, -0.2) is 27.9 Å². The van der Waals surface area contributed by atoms with Crippen molar-refractivity contribution < 1.29 is 19.1 Å². The van der Waals surface area contributed by atoms with Crippen LogP contribution in [0.1, 0.15) is 12.8 Å². The molecule has 0 saturated heterocycles. The van der Waals surface area contributed by atoms with E-state index in [0.717, 1.165) is 12.8 Å². The highest BCUT2D eigenvalue weighted by molar-refractivity contribution is 6.35. The maximum Gasteiger partial charge on any atom is 0.353 e. The fourth-order valence-electron chi connectivity index (χ4n) is 1.86. The van der Waals surface area contributed by atoms with Crippen LogP contribution in [0.15, 0.2) is 28.4 Å². The highest BCUT2D eigenvalue weighted by Crippen LogP contribution is 2.35. The van der Waals surface area contributed by atoms with E-state index in [1.165, 1.54) is 18.2 Å². The zero-order valence-corrected chi connectivity index (χ0v) is 10.8.